The second kappa shape index (κ2) is 5.75. The van der Waals surface area contributed by atoms with Crippen LogP contribution in [-0.4, -0.2) is 5.25 Å². The minimum atomic E-state index is 0.122. The van der Waals surface area contributed by atoms with Crippen LogP contribution in [0, 0.1) is 17.2 Å². The van der Waals surface area contributed by atoms with E-state index in [1.807, 2.05) is 12.1 Å². The number of hydrogen-bond acceptors (Lipinski definition) is 2. The SMILES string of the molecule is N#CC(Sc1cccc(Br)c1)C1CCCC1. The third-order valence-electron chi connectivity index (χ3n) is 3.01. The highest BCUT2D eigenvalue weighted by Crippen LogP contribution is 2.37. The lowest BCUT2D eigenvalue weighted by Crippen LogP contribution is -2.11. The van der Waals surface area contributed by atoms with Crippen LogP contribution in [0.25, 0.3) is 0 Å². The van der Waals surface area contributed by atoms with E-state index in [2.05, 4.69) is 34.1 Å². The summed E-state index contributed by atoms with van der Waals surface area (Å²) in [7, 11) is 0. The van der Waals surface area contributed by atoms with E-state index >= 15 is 0 Å². The molecule has 1 atom stereocenters. The summed E-state index contributed by atoms with van der Waals surface area (Å²) >= 11 is 5.17. The molecule has 1 aliphatic carbocycles. The second-order valence-electron chi connectivity index (χ2n) is 4.17. The molecule has 1 saturated carbocycles. The zero-order valence-corrected chi connectivity index (χ0v) is 11.4. The standard InChI is InChI=1S/C13H14BrNS/c14-11-6-3-7-12(8-11)16-13(9-15)10-4-1-2-5-10/h3,6-8,10,13H,1-2,4-5H2. The van der Waals surface area contributed by atoms with Gasteiger partial charge in [0.1, 0.15) is 0 Å². The number of halogens is 1. The summed E-state index contributed by atoms with van der Waals surface area (Å²) in [6, 6.07) is 10.7. The Bertz CT molecular complexity index is 393. The normalized spacial score (nSPS) is 18.2. The summed E-state index contributed by atoms with van der Waals surface area (Å²) in [5.41, 5.74) is 0. The molecule has 0 radical (unpaired) electrons. The molecule has 3 heteroatoms. The number of nitriles is 1. The average molecular weight is 296 g/mol. The van der Waals surface area contributed by atoms with Crippen molar-refractivity contribution in [3.63, 3.8) is 0 Å². The first kappa shape index (κ1) is 12.0. The first-order valence-electron chi connectivity index (χ1n) is 5.61. The second-order valence-corrected chi connectivity index (χ2v) is 6.30. The topological polar surface area (TPSA) is 23.8 Å². The Morgan fingerprint density at radius 1 is 1.38 bits per heavy atom. The van der Waals surface area contributed by atoms with Crippen molar-refractivity contribution in [2.24, 2.45) is 5.92 Å². The minimum absolute atomic E-state index is 0.122. The van der Waals surface area contributed by atoms with Crippen LogP contribution < -0.4 is 0 Å². The lowest BCUT2D eigenvalue weighted by Gasteiger charge is -2.15. The third kappa shape index (κ3) is 3.02. The van der Waals surface area contributed by atoms with Crippen molar-refractivity contribution < 1.29 is 0 Å². The predicted octanol–water partition coefficient (Wildman–Crippen LogP) is 4.62. The van der Waals surface area contributed by atoms with Gasteiger partial charge in [-0.05, 0) is 37.0 Å². The summed E-state index contributed by atoms with van der Waals surface area (Å²) < 4.78 is 1.08. The quantitative estimate of drug-likeness (QED) is 0.760. The highest BCUT2D eigenvalue weighted by atomic mass is 79.9. The molecule has 16 heavy (non-hydrogen) atoms. The number of rotatable bonds is 3. The smallest absolute Gasteiger partial charge is 0.0991 e. The maximum Gasteiger partial charge on any atom is 0.0991 e. The van der Waals surface area contributed by atoms with Gasteiger partial charge in [-0.1, -0.05) is 34.8 Å². The van der Waals surface area contributed by atoms with E-state index < -0.39 is 0 Å². The number of thioether (sulfide) groups is 1. The van der Waals surface area contributed by atoms with Crippen molar-refractivity contribution >= 4 is 27.7 Å². The van der Waals surface area contributed by atoms with Crippen LogP contribution in [0.15, 0.2) is 33.6 Å². The summed E-state index contributed by atoms with van der Waals surface area (Å²) in [5.74, 6) is 0.592. The Kier molecular flexibility index (Phi) is 4.31. The van der Waals surface area contributed by atoms with E-state index in [-0.39, 0.29) is 5.25 Å². The Hall–Kier alpha value is -0.460. The Balaban J connectivity index is 2.04. The zero-order valence-electron chi connectivity index (χ0n) is 9.03. The third-order valence-corrected chi connectivity index (χ3v) is 4.78. The number of nitrogens with zero attached hydrogens (tertiary/aromatic N) is 1. The maximum atomic E-state index is 9.23. The Morgan fingerprint density at radius 2 is 2.12 bits per heavy atom. The minimum Gasteiger partial charge on any atom is -0.197 e. The molecular weight excluding hydrogens is 282 g/mol. The fourth-order valence-electron chi connectivity index (χ4n) is 2.18. The number of hydrogen-bond donors (Lipinski definition) is 0. The van der Waals surface area contributed by atoms with Crippen LogP contribution >= 0.6 is 27.7 Å². The molecule has 0 aliphatic heterocycles. The summed E-state index contributed by atoms with van der Waals surface area (Å²) in [5, 5.41) is 9.36. The van der Waals surface area contributed by atoms with Gasteiger partial charge in [-0.2, -0.15) is 5.26 Å². The van der Waals surface area contributed by atoms with E-state index in [0.717, 1.165) is 4.47 Å². The Labute approximate surface area is 109 Å². The van der Waals surface area contributed by atoms with Crippen LogP contribution in [0.5, 0.6) is 0 Å². The molecule has 1 fully saturated rings. The molecule has 1 unspecified atom stereocenters. The molecule has 0 spiro atoms. The van der Waals surface area contributed by atoms with Gasteiger partial charge in [0, 0.05) is 9.37 Å². The highest BCUT2D eigenvalue weighted by Gasteiger charge is 2.25. The van der Waals surface area contributed by atoms with Gasteiger partial charge in [0.05, 0.1) is 11.3 Å². The molecule has 1 aliphatic rings. The van der Waals surface area contributed by atoms with Crippen LogP contribution in [-0.2, 0) is 0 Å². The van der Waals surface area contributed by atoms with Crippen molar-refractivity contribution in [3.8, 4) is 6.07 Å². The molecule has 0 aromatic heterocycles. The fraction of sp³-hybridized carbons (Fsp3) is 0.462. The van der Waals surface area contributed by atoms with Gasteiger partial charge in [0.25, 0.3) is 0 Å². The fourth-order valence-corrected chi connectivity index (χ4v) is 3.89. The number of benzene rings is 1. The summed E-state index contributed by atoms with van der Waals surface area (Å²) in [6.07, 6.45) is 5.03. The molecule has 2 rings (SSSR count). The van der Waals surface area contributed by atoms with Crippen LogP contribution in [0.1, 0.15) is 25.7 Å². The highest BCUT2D eigenvalue weighted by molar-refractivity contribution is 9.10. The molecule has 0 bridgehead atoms. The van der Waals surface area contributed by atoms with Crippen molar-refractivity contribution in [1.29, 1.82) is 5.26 Å². The van der Waals surface area contributed by atoms with Gasteiger partial charge < -0.3 is 0 Å². The Morgan fingerprint density at radius 3 is 2.75 bits per heavy atom. The van der Waals surface area contributed by atoms with Gasteiger partial charge >= 0.3 is 0 Å². The molecule has 1 nitrogen and oxygen atoms in total. The predicted molar refractivity (Wildman–Crippen MR) is 71.4 cm³/mol. The molecule has 1 aromatic rings. The maximum absolute atomic E-state index is 9.23. The first-order valence-corrected chi connectivity index (χ1v) is 7.28. The molecule has 0 amide bonds. The van der Waals surface area contributed by atoms with E-state index in [9.17, 15) is 5.26 Å². The lowest BCUT2D eigenvalue weighted by molar-refractivity contribution is 0.575. The van der Waals surface area contributed by atoms with E-state index in [0.29, 0.717) is 5.92 Å². The molecular formula is C13H14BrNS. The van der Waals surface area contributed by atoms with E-state index in [1.165, 1.54) is 30.6 Å². The average Bonchev–Trinajstić information content (AvgIpc) is 2.79. The van der Waals surface area contributed by atoms with Crippen LogP contribution in [0.4, 0.5) is 0 Å². The van der Waals surface area contributed by atoms with Gasteiger partial charge in [0.2, 0.25) is 0 Å². The van der Waals surface area contributed by atoms with Gasteiger partial charge in [-0.3, -0.25) is 0 Å². The van der Waals surface area contributed by atoms with E-state index in [4.69, 9.17) is 0 Å². The van der Waals surface area contributed by atoms with Crippen molar-refractivity contribution in [2.45, 2.75) is 35.8 Å². The van der Waals surface area contributed by atoms with Crippen molar-refractivity contribution in [2.75, 3.05) is 0 Å². The first-order chi connectivity index (χ1) is 7.79. The van der Waals surface area contributed by atoms with Crippen LogP contribution in [0.2, 0.25) is 0 Å². The summed E-state index contributed by atoms with van der Waals surface area (Å²) in [6.45, 7) is 0. The summed E-state index contributed by atoms with van der Waals surface area (Å²) in [4.78, 5) is 1.19. The molecule has 0 saturated heterocycles. The molecule has 1 aromatic carbocycles. The van der Waals surface area contributed by atoms with Gasteiger partial charge in [0.15, 0.2) is 0 Å². The largest absolute Gasteiger partial charge is 0.197 e. The molecule has 0 heterocycles. The van der Waals surface area contributed by atoms with Gasteiger partial charge in [-0.25, -0.2) is 0 Å². The van der Waals surface area contributed by atoms with Crippen molar-refractivity contribution in [1.82, 2.24) is 0 Å². The van der Waals surface area contributed by atoms with Gasteiger partial charge in [-0.15, -0.1) is 11.8 Å². The lowest BCUT2D eigenvalue weighted by atomic mass is 10.1. The monoisotopic (exact) mass is 295 g/mol. The zero-order chi connectivity index (χ0) is 11.4. The van der Waals surface area contributed by atoms with Crippen LogP contribution in [0.3, 0.4) is 0 Å². The van der Waals surface area contributed by atoms with E-state index in [1.54, 1.807) is 11.8 Å². The van der Waals surface area contributed by atoms with Crippen molar-refractivity contribution in [3.05, 3.63) is 28.7 Å². The molecule has 84 valence electrons. The molecule has 0 N–H and O–H groups in total.